The number of benzene rings is 1. The Morgan fingerprint density at radius 2 is 1.48 bits per heavy atom. The molecule has 1 N–H and O–H groups in total. The van der Waals surface area contributed by atoms with Crippen molar-refractivity contribution in [1.29, 1.82) is 0 Å². The van der Waals surface area contributed by atoms with Gasteiger partial charge in [0.15, 0.2) is 0 Å². The van der Waals surface area contributed by atoms with Crippen LogP contribution in [0.4, 0.5) is 0 Å². The van der Waals surface area contributed by atoms with Crippen LogP contribution in [0.1, 0.15) is 45.1 Å². The topological polar surface area (TPSA) is 41.0 Å². The summed E-state index contributed by atoms with van der Waals surface area (Å²) in [6.07, 6.45) is 10.4. The van der Waals surface area contributed by atoms with Gasteiger partial charge in [-0.15, -0.1) is 0 Å². The lowest BCUT2D eigenvalue weighted by Gasteiger charge is -2.22. The minimum atomic E-state index is 0.918. The van der Waals surface area contributed by atoms with Gasteiger partial charge in [0, 0.05) is 37.6 Å². The summed E-state index contributed by atoms with van der Waals surface area (Å²) in [5.74, 6) is 0. The van der Waals surface area contributed by atoms with Crippen LogP contribution >= 0.6 is 0 Å². The molecule has 0 aliphatic rings. The van der Waals surface area contributed by atoms with E-state index < -0.39 is 0 Å². The van der Waals surface area contributed by atoms with Gasteiger partial charge in [0.1, 0.15) is 6.33 Å². The van der Waals surface area contributed by atoms with Gasteiger partial charge >= 0.3 is 0 Å². The molecule has 0 radical (unpaired) electrons. The van der Waals surface area contributed by atoms with E-state index in [-0.39, 0.29) is 0 Å². The predicted octanol–water partition coefficient (Wildman–Crippen LogP) is 4.14. The second kappa shape index (κ2) is 11.7. The van der Waals surface area contributed by atoms with Crippen LogP contribution in [0.5, 0.6) is 0 Å². The largest absolute Gasteiger partial charge is 0.311 e. The molecule has 0 fully saturated rings. The maximum absolute atomic E-state index is 4.07. The lowest BCUT2D eigenvalue weighted by molar-refractivity contribution is 0.264. The number of nitrogens with one attached hydrogen (secondary N) is 1. The van der Waals surface area contributed by atoms with Crippen molar-refractivity contribution >= 4 is 0 Å². The molecule has 0 bridgehead atoms. The maximum Gasteiger partial charge on any atom is 0.115 e. The van der Waals surface area contributed by atoms with Gasteiger partial charge in [0.2, 0.25) is 0 Å². The first-order chi connectivity index (χ1) is 12.3. The van der Waals surface area contributed by atoms with Crippen molar-refractivity contribution in [2.24, 2.45) is 0 Å². The smallest absolute Gasteiger partial charge is 0.115 e. The molecule has 0 amide bonds. The van der Waals surface area contributed by atoms with E-state index in [0.29, 0.717) is 0 Å². The number of nitrogens with zero attached hydrogens (tertiary/aromatic N) is 3. The molecule has 4 nitrogen and oxygen atoms in total. The highest BCUT2D eigenvalue weighted by atomic mass is 15.1. The van der Waals surface area contributed by atoms with Crippen LogP contribution in [0.25, 0.3) is 11.1 Å². The van der Waals surface area contributed by atoms with Gasteiger partial charge < -0.3 is 10.2 Å². The summed E-state index contributed by atoms with van der Waals surface area (Å²) in [6.45, 7) is 10.1. The Kier molecular flexibility index (Phi) is 9.16. The fourth-order valence-corrected chi connectivity index (χ4v) is 2.83. The molecule has 0 atom stereocenters. The highest BCUT2D eigenvalue weighted by Gasteiger charge is 2.03. The van der Waals surface area contributed by atoms with E-state index in [2.05, 4.69) is 58.3 Å². The van der Waals surface area contributed by atoms with Gasteiger partial charge in [-0.05, 0) is 37.1 Å². The first kappa shape index (κ1) is 19.5. The van der Waals surface area contributed by atoms with Crippen molar-refractivity contribution in [3.8, 4) is 11.1 Å². The van der Waals surface area contributed by atoms with Crippen LogP contribution in [0.2, 0.25) is 0 Å². The maximum atomic E-state index is 4.07. The van der Waals surface area contributed by atoms with Crippen LogP contribution < -0.4 is 5.32 Å². The minimum Gasteiger partial charge on any atom is -0.311 e. The summed E-state index contributed by atoms with van der Waals surface area (Å²) in [5, 5.41) is 3.58. The Morgan fingerprint density at radius 3 is 2.08 bits per heavy atom. The molecule has 0 aliphatic heterocycles. The first-order valence-corrected chi connectivity index (χ1v) is 9.61. The van der Waals surface area contributed by atoms with Gasteiger partial charge in [0.05, 0.1) is 0 Å². The molecule has 2 rings (SSSR count). The lowest BCUT2D eigenvalue weighted by Crippen LogP contribution is -2.33. The third-order valence-electron chi connectivity index (χ3n) is 4.44. The first-order valence-electron chi connectivity index (χ1n) is 9.61. The zero-order valence-corrected chi connectivity index (χ0v) is 15.7. The van der Waals surface area contributed by atoms with E-state index in [4.69, 9.17) is 0 Å². The molecule has 25 heavy (non-hydrogen) atoms. The van der Waals surface area contributed by atoms with Crippen molar-refractivity contribution < 1.29 is 0 Å². The van der Waals surface area contributed by atoms with E-state index in [1.54, 1.807) is 6.33 Å². The second-order valence-electron chi connectivity index (χ2n) is 6.55. The van der Waals surface area contributed by atoms with Crippen LogP contribution in [0.3, 0.4) is 0 Å². The lowest BCUT2D eigenvalue weighted by atomic mass is 10.1. The molecule has 0 unspecified atom stereocenters. The number of aromatic nitrogens is 2. The highest BCUT2D eigenvalue weighted by molar-refractivity contribution is 5.61. The Bertz CT molecular complexity index is 560. The van der Waals surface area contributed by atoms with Crippen LogP contribution in [-0.4, -0.2) is 41.0 Å². The van der Waals surface area contributed by atoms with Crippen molar-refractivity contribution in [3.63, 3.8) is 0 Å². The van der Waals surface area contributed by atoms with Crippen molar-refractivity contribution in [2.75, 3.05) is 26.2 Å². The molecular weight excluding hydrogens is 308 g/mol. The fraction of sp³-hybridized carbons (Fsp3) is 0.524. The average Bonchev–Trinajstić information content (AvgIpc) is 2.68. The summed E-state index contributed by atoms with van der Waals surface area (Å²) >= 11 is 0. The summed E-state index contributed by atoms with van der Waals surface area (Å²) in [6, 6.07) is 8.65. The van der Waals surface area contributed by atoms with Crippen molar-refractivity contribution in [2.45, 2.75) is 46.1 Å². The zero-order chi connectivity index (χ0) is 17.7. The molecule has 1 aromatic heterocycles. The Balaban J connectivity index is 1.73. The summed E-state index contributed by atoms with van der Waals surface area (Å²) < 4.78 is 0. The molecular formula is C21H32N4. The molecule has 1 aromatic carbocycles. The molecule has 0 aliphatic carbocycles. The third kappa shape index (κ3) is 7.32. The van der Waals surface area contributed by atoms with Crippen LogP contribution in [0, 0.1) is 0 Å². The molecule has 0 saturated heterocycles. The normalized spacial score (nSPS) is 11.2. The fourth-order valence-electron chi connectivity index (χ4n) is 2.83. The Labute approximate surface area is 152 Å². The molecule has 0 saturated carbocycles. The number of hydrogen-bond donors (Lipinski definition) is 1. The number of unbranched alkanes of at least 4 members (excludes halogenated alkanes) is 2. The molecule has 1 heterocycles. The van der Waals surface area contributed by atoms with E-state index in [0.717, 1.165) is 30.8 Å². The van der Waals surface area contributed by atoms with Gasteiger partial charge in [0.25, 0.3) is 0 Å². The van der Waals surface area contributed by atoms with E-state index >= 15 is 0 Å². The standard InChI is InChI=1S/C21H32N4/c1-3-5-12-25(13-6-4-2)14-11-22-15-19-7-9-20(10-8-19)21-16-23-18-24-17-21/h7-10,16-18,22H,3-6,11-15H2,1-2H3. The summed E-state index contributed by atoms with van der Waals surface area (Å²) in [4.78, 5) is 10.7. The molecule has 136 valence electrons. The summed E-state index contributed by atoms with van der Waals surface area (Å²) in [5.41, 5.74) is 3.54. The van der Waals surface area contributed by atoms with E-state index in [1.807, 2.05) is 12.4 Å². The second-order valence-corrected chi connectivity index (χ2v) is 6.55. The van der Waals surface area contributed by atoms with Crippen LogP contribution in [0.15, 0.2) is 43.0 Å². The molecule has 0 spiro atoms. The molecule has 4 heteroatoms. The number of rotatable bonds is 12. The quantitative estimate of drug-likeness (QED) is 0.590. The predicted molar refractivity (Wildman–Crippen MR) is 105 cm³/mol. The van der Waals surface area contributed by atoms with Gasteiger partial charge in [-0.3, -0.25) is 0 Å². The van der Waals surface area contributed by atoms with Gasteiger partial charge in [-0.2, -0.15) is 0 Å². The van der Waals surface area contributed by atoms with Crippen molar-refractivity contribution in [3.05, 3.63) is 48.5 Å². The van der Waals surface area contributed by atoms with Gasteiger partial charge in [-0.25, -0.2) is 9.97 Å². The summed E-state index contributed by atoms with van der Waals surface area (Å²) in [7, 11) is 0. The van der Waals surface area contributed by atoms with Gasteiger partial charge in [-0.1, -0.05) is 51.0 Å². The van der Waals surface area contributed by atoms with Crippen LogP contribution in [-0.2, 0) is 6.54 Å². The minimum absolute atomic E-state index is 0.918. The van der Waals surface area contributed by atoms with Crippen molar-refractivity contribution in [1.82, 2.24) is 20.2 Å². The molecule has 2 aromatic rings. The van der Waals surface area contributed by atoms with E-state index in [1.165, 1.54) is 44.3 Å². The Morgan fingerprint density at radius 1 is 0.840 bits per heavy atom. The monoisotopic (exact) mass is 340 g/mol. The SMILES string of the molecule is CCCCN(CCCC)CCNCc1ccc(-c2cncnc2)cc1. The Hall–Kier alpha value is -1.78. The highest BCUT2D eigenvalue weighted by Crippen LogP contribution is 2.17. The number of hydrogen-bond acceptors (Lipinski definition) is 4. The third-order valence-corrected chi connectivity index (χ3v) is 4.44. The average molecular weight is 341 g/mol. The zero-order valence-electron chi connectivity index (χ0n) is 15.7. The van der Waals surface area contributed by atoms with E-state index in [9.17, 15) is 0 Å².